The van der Waals surface area contributed by atoms with Crippen LogP contribution in [0.3, 0.4) is 0 Å². The van der Waals surface area contributed by atoms with Gasteiger partial charge in [0.05, 0.1) is 18.8 Å². The number of furan rings is 1. The molecule has 2 heterocycles. The van der Waals surface area contributed by atoms with Gasteiger partial charge in [-0.1, -0.05) is 0 Å². The molecule has 2 N–H and O–H groups in total. The number of nitrogens with zero attached hydrogens (tertiary/aromatic N) is 1. The minimum atomic E-state index is 0.316. The quantitative estimate of drug-likeness (QED) is 0.880. The summed E-state index contributed by atoms with van der Waals surface area (Å²) in [5.74, 6) is 1.03. The van der Waals surface area contributed by atoms with Crippen molar-refractivity contribution in [3.05, 3.63) is 46.0 Å². The lowest BCUT2D eigenvalue weighted by Gasteiger charge is -2.29. The highest BCUT2D eigenvalue weighted by Crippen LogP contribution is 2.37. The normalized spacial score (nSPS) is 17.0. The molecule has 1 aliphatic carbocycles. The summed E-state index contributed by atoms with van der Waals surface area (Å²) in [5, 5.41) is 0. The van der Waals surface area contributed by atoms with Crippen molar-refractivity contribution in [2.75, 3.05) is 6.54 Å². The summed E-state index contributed by atoms with van der Waals surface area (Å²) in [6.45, 7) is 3.67. The molecular weight excluding hydrogens is 256 g/mol. The van der Waals surface area contributed by atoms with E-state index in [9.17, 15) is 0 Å². The number of hydrogen-bond donors (Lipinski definition) is 1. The average Bonchev–Trinajstić information content (AvgIpc) is 2.95. The highest BCUT2D eigenvalue weighted by molar-refractivity contribution is 7.12. The number of aryl methyl sites for hydroxylation is 1. The zero-order chi connectivity index (χ0) is 13.2. The lowest BCUT2D eigenvalue weighted by Crippen LogP contribution is -2.34. The van der Waals surface area contributed by atoms with Crippen LogP contribution in [0.5, 0.6) is 0 Å². The van der Waals surface area contributed by atoms with Crippen molar-refractivity contribution in [1.82, 2.24) is 4.90 Å². The summed E-state index contributed by atoms with van der Waals surface area (Å²) in [5.41, 5.74) is 6.04. The third kappa shape index (κ3) is 2.91. The van der Waals surface area contributed by atoms with E-state index in [0.29, 0.717) is 18.6 Å². The molecule has 0 amide bonds. The standard InChI is InChI=1S/C15H20N2OS/c1-11-4-7-15(19-11)14(9-16)17(12-5-6-12)10-13-3-2-8-18-13/h2-4,7-8,12,14H,5-6,9-10,16H2,1H3. The second-order valence-corrected chi connectivity index (χ2v) is 6.50. The monoisotopic (exact) mass is 276 g/mol. The van der Waals surface area contributed by atoms with Gasteiger partial charge in [-0.3, -0.25) is 4.90 Å². The van der Waals surface area contributed by atoms with E-state index in [1.54, 1.807) is 6.26 Å². The van der Waals surface area contributed by atoms with Gasteiger partial charge in [0.1, 0.15) is 5.76 Å². The first-order chi connectivity index (χ1) is 9.28. The van der Waals surface area contributed by atoms with E-state index in [2.05, 4.69) is 24.0 Å². The predicted molar refractivity (Wildman–Crippen MR) is 78.1 cm³/mol. The first-order valence-electron chi connectivity index (χ1n) is 6.82. The van der Waals surface area contributed by atoms with Crippen molar-refractivity contribution in [1.29, 1.82) is 0 Å². The van der Waals surface area contributed by atoms with Gasteiger partial charge < -0.3 is 10.2 Å². The van der Waals surface area contributed by atoms with Gasteiger partial charge in [-0.2, -0.15) is 0 Å². The smallest absolute Gasteiger partial charge is 0.117 e. The van der Waals surface area contributed by atoms with Crippen LogP contribution in [0.25, 0.3) is 0 Å². The van der Waals surface area contributed by atoms with Gasteiger partial charge in [-0.25, -0.2) is 0 Å². The third-order valence-electron chi connectivity index (χ3n) is 3.65. The van der Waals surface area contributed by atoms with E-state index in [0.717, 1.165) is 12.3 Å². The summed E-state index contributed by atoms with van der Waals surface area (Å²) in [6, 6.07) is 9.38. The van der Waals surface area contributed by atoms with Crippen LogP contribution < -0.4 is 5.73 Å². The molecule has 2 aromatic rings. The molecule has 2 aromatic heterocycles. The fourth-order valence-electron chi connectivity index (χ4n) is 2.53. The van der Waals surface area contributed by atoms with Gasteiger partial charge in [0.2, 0.25) is 0 Å². The third-order valence-corrected chi connectivity index (χ3v) is 4.75. The largest absolute Gasteiger partial charge is 0.468 e. The van der Waals surface area contributed by atoms with Crippen LogP contribution >= 0.6 is 11.3 Å². The highest BCUT2D eigenvalue weighted by Gasteiger charge is 2.35. The van der Waals surface area contributed by atoms with E-state index in [1.807, 2.05) is 23.5 Å². The maximum absolute atomic E-state index is 6.04. The summed E-state index contributed by atoms with van der Waals surface area (Å²) >= 11 is 1.85. The minimum absolute atomic E-state index is 0.316. The Kier molecular flexibility index (Phi) is 3.73. The lowest BCUT2D eigenvalue weighted by atomic mass is 10.2. The number of nitrogens with two attached hydrogens (primary N) is 1. The van der Waals surface area contributed by atoms with E-state index < -0.39 is 0 Å². The predicted octanol–water partition coefficient (Wildman–Crippen LogP) is 3.31. The Labute approximate surface area is 118 Å². The second kappa shape index (κ2) is 5.49. The Morgan fingerprint density at radius 1 is 1.42 bits per heavy atom. The highest BCUT2D eigenvalue weighted by atomic mass is 32.1. The average molecular weight is 276 g/mol. The Hall–Kier alpha value is -1.10. The molecule has 19 heavy (non-hydrogen) atoms. The molecule has 1 fully saturated rings. The molecule has 4 heteroatoms. The van der Waals surface area contributed by atoms with E-state index in [-0.39, 0.29) is 0 Å². The van der Waals surface area contributed by atoms with Crippen LogP contribution in [-0.4, -0.2) is 17.5 Å². The minimum Gasteiger partial charge on any atom is -0.468 e. The molecule has 0 radical (unpaired) electrons. The topological polar surface area (TPSA) is 42.4 Å². The maximum atomic E-state index is 6.04. The summed E-state index contributed by atoms with van der Waals surface area (Å²) in [6.07, 6.45) is 4.30. The van der Waals surface area contributed by atoms with Gasteiger partial charge in [0, 0.05) is 22.3 Å². The molecule has 0 aromatic carbocycles. The Morgan fingerprint density at radius 2 is 2.26 bits per heavy atom. The van der Waals surface area contributed by atoms with Gasteiger partial charge in [0.15, 0.2) is 0 Å². The van der Waals surface area contributed by atoms with Crippen molar-refractivity contribution in [2.24, 2.45) is 5.73 Å². The first kappa shape index (κ1) is 12.9. The van der Waals surface area contributed by atoms with Crippen molar-refractivity contribution in [2.45, 2.75) is 38.4 Å². The molecule has 0 bridgehead atoms. The fourth-order valence-corrected chi connectivity index (χ4v) is 3.54. The second-order valence-electron chi connectivity index (χ2n) is 5.18. The fraction of sp³-hybridized carbons (Fsp3) is 0.467. The van der Waals surface area contributed by atoms with Crippen molar-refractivity contribution < 1.29 is 4.42 Å². The SMILES string of the molecule is Cc1ccc(C(CN)N(Cc2ccco2)C2CC2)s1. The van der Waals surface area contributed by atoms with Crippen molar-refractivity contribution in [3.63, 3.8) is 0 Å². The van der Waals surface area contributed by atoms with E-state index >= 15 is 0 Å². The van der Waals surface area contributed by atoms with Crippen LogP contribution in [0, 0.1) is 6.92 Å². The Morgan fingerprint density at radius 3 is 2.79 bits per heavy atom. The molecule has 1 saturated carbocycles. The summed E-state index contributed by atoms with van der Waals surface area (Å²) in [7, 11) is 0. The zero-order valence-electron chi connectivity index (χ0n) is 11.2. The lowest BCUT2D eigenvalue weighted by molar-refractivity contribution is 0.170. The van der Waals surface area contributed by atoms with Crippen LogP contribution in [0.15, 0.2) is 34.9 Å². The van der Waals surface area contributed by atoms with E-state index in [4.69, 9.17) is 10.2 Å². The molecule has 1 aliphatic rings. The van der Waals surface area contributed by atoms with Crippen molar-refractivity contribution in [3.8, 4) is 0 Å². The Balaban J connectivity index is 1.81. The van der Waals surface area contributed by atoms with Gasteiger partial charge in [0.25, 0.3) is 0 Å². The first-order valence-corrected chi connectivity index (χ1v) is 7.64. The van der Waals surface area contributed by atoms with E-state index in [1.165, 1.54) is 22.6 Å². The molecule has 0 spiro atoms. The molecule has 3 nitrogen and oxygen atoms in total. The van der Waals surface area contributed by atoms with Gasteiger partial charge in [-0.05, 0) is 44.0 Å². The van der Waals surface area contributed by atoms with Gasteiger partial charge >= 0.3 is 0 Å². The van der Waals surface area contributed by atoms with Crippen LogP contribution in [0.2, 0.25) is 0 Å². The number of rotatable bonds is 6. The molecule has 3 rings (SSSR count). The molecule has 1 atom stereocenters. The number of hydrogen-bond acceptors (Lipinski definition) is 4. The molecular formula is C15H20N2OS. The van der Waals surface area contributed by atoms with Crippen LogP contribution in [0.1, 0.15) is 34.4 Å². The van der Waals surface area contributed by atoms with Crippen LogP contribution in [0.4, 0.5) is 0 Å². The number of thiophene rings is 1. The van der Waals surface area contributed by atoms with Crippen molar-refractivity contribution >= 4 is 11.3 Å². The zero-order valence-corrected chi connectivity index (χ0v) is 12.0. The summed E-state index contributed by atoms with van der Waals surface area (Å²) < 4.78 is 5.50. The van der Waals surface area contributed by atoms with Crippen LogP contribution in [-0.2, 0) is 6.54 Å². The van der Waals surface area contributed by atoms with Gasteiger partial charge in [-0.15, -0.1) is 11.3 Å². The molecule has 0 saturated heterocycles. The molecule has 102 valence electrons. The summed E-state index contributed by atoms with van der Waals surface area (Å²) in [4.78, 5) is 5.23. The Bertz CT molecular complexity index is 516. The molecule has 1 unspecified atom stereocenters. The maximum Gasteiger partial charge on any atom is 0.117 e. The molecule has 0 aliphatic heterocycles.